The van der Waals surface area contributed by atoms with E-state index in [2.05, 4.69) is 45.3 Å². The molecule has 3 atom stereocenters. The standard InChI is InChI=1S/C16H28N2S/c1-11-6-7-14(12(2)8-11)17-9-13-10-19-15(18-13)16(3,4)5/h10-12,14,17H,6-9H2,1-5H3. The molecule has 1 aliphatic carbocycles. The highest BCUT2D eigenvalue weighted by atomic mass is 32.1. The molecule has 108 valence electrons. The number of nitrogens with zero attached hydrogens (tertiary/aromatic N) is 1. The maximum Gasteiger partial charge on any atom is 0.0982 e. The molecule has 1 fully saturated rings. The molecule has 1 saturated carbocycles. The predicted molar refractivity (Wildman–Crippen MR) is 83.6 cm³/mol. The van der Waals surface area contributed by atoms with Gasteiger partial charge in [0.25, 0.3) is 0 Å². The van der Waals surface area contributed by atoms with E-state index in [1.54, 1.807) is 11.3 Å². The third kappa shape index (κ3) is 4.03. The summed E-state index contributed by atoms with van der Waals surface area (Å²) in [6, 6.07) is 0.677. The molecule has 1 aliphatic rings. The van der Waals surface area contributed by atoms with Crippen molar-refractivity contribution in [3.63, 3.8) is 0 Å². The number of hydrogen-bond donors (Lipinski definition) is 1. The molecule has 0 aromatic carbocycles. The Morgan fingerprint density at radius 3 is 2.63 bits per heavy atom. The Morgan fingerprint density at radius 2 is 2.05 bits per heavy atom. The molecule has 0 saturated heterocycles. The van der Waals surface area contributed by atoms with Gasteiger partial charge in [-0.25, -0.2) is 4.98 Å². The van der Waals surface area contributed by atoms with Gasteiger partial charge in [0, 0.05) is 23.4 Å². The lowest BCUT2D eigenvalue weighted by Crippen LogP contribution is -2.38. The van der Waals surface area contributed by atoms with Crippen molar-refractivity contribution in [2.75, 3.05) is 0 Å². The van der Waals surface area contributed by atoms with Crippen molar-refractivity contribution in [1.29, 1.82) is 0 Å². The van der Waals surface area contributed by atoms with Crippen LogP contribution >= 0.6 is 11.3 Å². The van der Waals surface area contributed by atoms with Crippen molar-refractivity contribution in [3.8, 4) is 0 Å². The van der Waals surface area contributed by atoms with Gasteiger partial charge in [-0.15, -0.1) is 11.3 Å². The maximum atomic E-state index is 4.76. The highest BCUT2D eigenvalue weighted by Crippen LogP contribution is 2.29. The lowest BCUT2D eigenvalue weighted by atomic mass is 9.80. The molecule has 0 radical (unpaired) electrons. The number of hydrogen-bond acceptors (Lipinski definition) is 3. The Kier molecular flexibility index (Phi) is 4.67. The summed E-state index contributed by atoms with van der Waals surface area (Å²) in [4.78, 5) is 4.76. The fourth-order valence-corrected chi connectivity index (χ4v) is 3.84. The molecular weight excluding hydrogens is 252 g/mol. The van der Waals surface area contributed by atoms with Crippen LogP contribution in [0.2, 0.25) is 0 Å². The van der Waals surface area contributed by atoms with E-state index in [1.165, 1.54) is 30.0 Å². The summed E-state index contributed by atoms with van der Waals surface area (Å²) < 4.78 is 0. The second-order valence-corrected chi connectivity index (χ2v) is 8.14. The predicted octanol–water partition coefficient (Wildman–Crippen LogP) is 4.35. The third-order valence-electron chi connectivity index (χ3n) is 4.17. The molecule has 1 aromatic rings. The van der Waals surface area contributed by atoms with Gasteiger partial charge < -0.3 is 5.32 Å². The maximum absolute atomic E-state index is 4.76. The quantitative estimate of drug-likeness (QED) is 0.890. The smallest absolute Gasteiger partial charge is 0.0982 e. The van der Waals surface area contributed by atoms with Gasteiger partial charge in [-0.2, -0.15) is 0 Å². The second-order valence-electron chi connectivity index (χ2n) is 7.28. The largest absolute Gasteiger partial charge is 0.308 e. The van der Waals surface area contributed by atoms with Crippen LogP contribution in [0.4, 0.5) is 0 Å². The van der Waals surface area contributed by atoms with Crippen LogP contribution in [0.15, 0.2) is 5.38 Å². The van der Waals surface area contributed by atoms with Crippen LogP contribution in [0.1, 0.15) is 64.6 Å². The first-order valence-electron chi connectivity index (χ1n) is 7.54. The molecule has 3 heteroatoms. The van der Waals surface area contributed by atoms with Gasteiger partial charge in [0.15, 0.2) is 0 Å². The van der Waals surface area contributed by atoms with Crippen LogP contribution < -0.4 is 5.32 Å². The van der Waals surface area contributed by atoms with Crippen LogP contribution in [0.3, 0.4) is 0 Å². The molecule has 0 bridgehead atoms. The van der Waals surface area contributed by atoms with Crippen LogP contribution in [0.25, 0.3) is 0 Å². The lowest BCUT2D eigenvalue weighted by molar-refractivity contribution is 0.226. The summed E-state index contributed by atoms with van der Waals surface area (Å²) >= 11 is 1.79. The number of aromatic nitrogens is 1. The molecule has 0 amide bonds. The van der Waals surface area contributed by atoms with Gasteiger partial charge in [-0.1, -0.05) is 34.6 Å². The van der Waals surface area contributed by atoms with Crippen molar-refractivity contribution in [2.45, 2.75) is 71.9 Å². The summed E-state index contributed by atoms with van der Waals surface area (Å²) in [5, 5.41) is 7.17. The highest BCUT2D eigenvalue weighted by Gasteiger charge is 2.25. The van der Waals surface area contributed by atoms with Crippen LogP contribution in [-0.4, -0.2) is 11.0 Å². The Balaban J connectivity index is 1.87. The Morgan fingerprint density at radius 1 is 1.32 bits per heavy atom. The van der Waals surface area contributed by atoms with Gasteiger partial charge in [-0.05, 0) is 31.1 Å². The van der Waals surface area contributed by atoms with E-state index < -0.39 is 0 Å². The monoisotopic (exact) mass is 280 g/mol. The van der Waals surface area contributed by atoms with Crippen molar-refractivity contribution in [3.05, 3.63) is 16.1 Å². The molecule has 19 heavy (non-hydrogen) atoms. The SMILES string of the molecule is CC1CCC(NCc2csc(C(C)(C)C)n2)C(C)C1. The lowest BCUT2D eigenvalue weighted by Gasteiger charge is -2.33. The Bertz CT molecular complexity index is 405. The van der Waals surface area contributed by atoms with E-state index in [0.29, 0.717) is 6.04 Å². The average molecular weight is 280 g/mol. The van der Waals surface area contributed by atoms with Crippen molar-refractivity contribution in [1.82, 2.24) is 10.3 Å². The minimum Gasteiger partial charge on any atom is -0.308 e. The topological polar surface area (TPSA) is 24.9 Å². The van der Waals surface area contributed by atoms with E-state index in [4.69, 9.17) is 4.98 Å². The molecular formula is C16H28N2S. The van der Waals surface area contributed by atoms with Crippen molar-refractivity contribution >= 4 is 11.3 Å². The summed E-state index contributed by atoms with van der Waals surface area (Å²) in [5.41, 5.74) is 1.39. The molecule has 1 aromatic heterocycles. The summed E-state index contributed by atoms with van der Waals surface area (Å²) in [6.07, 6.45) is 4.05. The van der Waals surface area contributed by atoms with Crippen LogP contribution in [-0.2, 0) is 12.0 Å². The van der Waals surface area contributed by atoms with E-state index in [0.717, 1.165) is 18.4 Å². The van der Waals surface area contributed by atoms with E-state index in [9.17, 15) is 0 Å². The van der Waals surface area contributed by atoms with E-state index in [1.807, 2.05) is 0 Å². The average Bonchev–Trinajstić information content (AvgIpc) is 2.76. The van der Waals surface area contributed by atoms with Crippen LogP contribution in [0, 0.1) is 11.8 Å². The number of nitrogens with one attached hydrogen (secondary N) is 1. The minimum atomic E-state index is 0.177. The third-order valence-corrected chi connectivity index (χ3v) is 5.49. The van der Waals surface area contributed by atoms with Crippen molar-refractivity contribution < 1.29 is 0 Å². The first-order valence-corrected chi connectivity index (χ1v) is 8.42. The Hall–Kier alpha value is -0.410. The Labute approximate surface area is 122 Å². The number of thiazole rings is 1. The zero-order valence-corrected chi connectivity index (χ0v) is 13.8. The van der Waals surface area contributed by atoms with Gasteiger partial charge in [0.2, 0.25) is 0 Å². The van der Waals surface area contributed by atoms with Gasteiger partial charge in [0.05, 0.1) is 10.7 Å². The molecule has 0 aliphatic heterocycles. The molecule has 2 nitrogen and oxygen atoms in total. The second kappa shape index (κ2) is 5.92. The zero-order chi connectivity index (χ0) is 14.0. The molecule has 3 unspecified atom stereocenters. The fourth-order valence-electron chi connectivity index (χ4n) is 2.94. The molecule has 2 rings (SSSR count). The minimum absolute atomic E-state index is 0.177. The van der Waals surface area contributed by atoms with Gasteiger partial charge in [-0.3, -0.25) is 0 Å². The fraction of sp³-hybridized carbons (Fsp3) is 0.812. The zero-order valence-electron chi connectivity index (χ0n) is 13.0. The van der Waals surface area contributed by atoms with Crippen LogP contribution in [0.5, 0.6) is 0 Å². The molecule has 1 heterocycles. The summed E-state index contributed by atoms with van der Waals surface area (Å²) in [5.74, 6) is 1.70. The summed E-state index contributed by atoms with van der Waals surface area (Å²) in [7, 11) is 0. The first-order chi connectivity index (χ1) is 8.86. The summed E-state index contributed by atoms with van der Waals surface area (Å²) in [6.45, 7) is 12.4. The normalized spacial score (nSPS) is 28.6. The van der Waals surface area contributed by atoms with E-state index >= 15 is 0 Å². The molecule has 0 spiro atoms. The first kappa shape index (κ1) is 15.0. The highest BCUT2D eigenvalue weighted by molar-refractivity contribution is 7.09. The van der Waals surface area contributed by atoms with Gasteiger partial charge in [0.1, 0.15) is 0 Å². The van der Waals surface area contributed by atoms with Crippen molar-refractivity contribution in [2.24, 2.45) is 11.8 Å². The molecule has 1 N–H and O–H groups in total. The van der Waals surface area contributed by atoms with E-state index in [-0.39, 0.29) is 5.41 Å². The van der Waals surface area contributed by atoms with Gasteiger partial charge >= 0.3 is 0 Å². The number of rotatable bonds is 3.